The molecule has 3 heterocycles. The second-order valence-electron chi connectivity index (χ2n) is 8.45. The predicted octanol–water partition coefficient (Wildman–Crippen LogP) is 4.07. The number of H-pyrrole nitrogens is 1. The number of methoxy groups -OCH3 is 1. The van der Waals surface area contributed by atoms with Crippen molar-refractivity contribution in [2.75, 3.05) is 13.7 Å². The predicted molar refractivity (Wildman–Crippen MR) is 141 cm³/mol. The van der Waals surface area contributed by atoms with Crippen molar-refractivity contribution >= 4 is 34.3 Å². The number of hydrogen-bond donors (Lipinski definition) is 1. The van der Waals surface area contributed by atoms with Crippen LogP contribution in [0.15, 0.2) is 75.8 Å². The van der Waals surface area contributed by atoms with Crippen LogP contribution in [0.25, 0.3) is 17.0 Å². The lowest BCUT2D eigenvalue weighted by molar-refractivity contribution is -0.139. The van der Waals surface area contributed by atoms with Crippen LogP contribution in [-0.2, 0) is 9.53 Å². The highest BCUT2D eigenvalue weighted by atomic mass is 32.1. The lowest BCUT2D eigenvalue weighted by Crippen LogP contribution is -2.40. The molecule has 8 heteroatoms. The minimum absolute atomic E-state index is 0.211. The van der Waals surface area contributed by atoms with Gasteiger partial charge in [0.15, 0.2) is 4.80 Å². The molecule has 2 aromatic heterocycles. The third kappa shape index (κ3) is 4.07. The number of allylic oxidation sites excluding steroid dienone is 1. The Kier molecular flexibility index (Phi) is 6.61. The van der Waals surface area contributed by atoms with Gasteiger partial charge in [0.25, 0.3) is 5.56 Å². The van der Waals surface area contributed by atoms with Gasteiger partial charge in [0.1, 0.15) is 11.8 Å². The van der Waals surface area contributed by atoms with Gasteiger partial charge in [-0.25, -0.2) is 9.79 Å². The summed E-state index contributed by atoms with van der Waals surface area (Å²) in [5, 5.41) is 1.03. The minimum atomic E-state index is -0.705. The molecule has 1 atom stereocenters. The van der Waals surface area contributed by atoms with E-state index in [1.165, 1.54) is 11.3 Å². The molecule has 1 aliphatic rings. The molecule has 0 amide bonds. The number of aromatic nitrogens is 2. The Morgan fingerprint density at radius 2 is 1.94 bits per heavy atom. The van der Waals surface area contributed by atoms with Crippen LogP contribution in [0, 0.1) is 0 Å². The summed E-state index contributed by atoms with van der Waals surface area (Å²) >= 11 is 1.32. The molecule has 1 unspecified atom stereocenters. The van der Waals surface area contributed by atoms with Crippen molar-refractivity contribution < 1.29 is 14.3 Å². The Labute approximate surface area is 212 Å². The monoisotopic (exact) mass is 501 g/mol. The van der Waals surface area contributed by atoms with Crippen molar-refractivity contribution in [2.24, 2.45) is 4.99 Å². The normalized spacial score (nSPS) is 15.6. The van der Waals surface area contributed by atoms with Gasteiger partial charge in [-0.1, -0.05) is 61.1 Å². The van der Waals surface area contributed by atoms with E-state index < -0.39 is 12.0 Å². The topological polar surface area (TPSA) is 85.7 Å². The van der Waals surface area contributed by atoms with Crippen LogP contribution < -0.4 is 19.6 Å². The summed E-state index contributed by atoms with van der Waals surface area (Å²) in [7, 11) is 1.58. The van der Waals surface area contributed by atoms with E-state index in [4.69, 9.17) is 14.5 Å². The van der Waals surface area contributed by atoms with Crippen LogP contribution in [0.1, 0.15) is 43.9 Å². The van der Waals surface area contributed by atoms with Gasteiger partial charge in [-0.2, -0.15) is 0 Å². The maximum absolute atomic E-state index is 13.9. The van der Waals surface area contributed by atoms with E-state index in [1.807, 2.05) is 67.7 Å². The number of hydrogen-bond acceptors (Lipinski definition) is 6. The molecule has 0 aliphatic carbocycles. The lowest BCUT2D eigenvalue weighted by Gasteiger charge is -2.26. The van der Waals surface area contributed by atoms with Crippen molar-refractivity contribution in [1.82, 2.24) is 9.55 Å². The van der Waals surface area contributed by atoms with E-state index in [9.17, 15) is 9.59 Å². The number of rotatable bonds is 7. The van der Waals surface area contributed by atoms with Crippen molar-refractivity contribution in [3.63, 3.8) is 0 Å². The Morgan fingerprint density at radius 1 is 1.17 bits per heavy atom. The SMILES string of the molecule is CCCC1=C(C(=O)OCC)C(c2ccccc2OC)n2c(s/c(=C/c3c[nH]c4ccccc34)c2=O)=N1. The number of nitrogens with zero attached hydrogens (tertiary/aromatic N) is 2. The van der Waals surface area contributed by atoms with Gasteiger partial charge in [-0.3, -0.25) is 9.36 Å². The van der Waals surface area contributed by atoms with Gasteiger partial charge in [-0.15, -0.1) is 0 Å². The Balaban J connectivity index is 1.80. The van der Waals surface area contributed by atoms with Crippen LogP contribution in [0.5, 0.6) is 5.75 Å². The first-order valence-electron chi connectivity index (χ1n) is 12.0. The minimum Gasteiger partial charge on any atom is -0.496 e. The fourth-order valence-corrected chi connectivity index (χ4v) is 5.67. The lowest BCUT2D eigenvalue weighted by atomic mass is 9.93. The van der Waals surface area contributed by atoms with E-state index >= 15 is 0 Å². The second-order valence-corrected chi connectivity index (χ2v) is 9.45. The molecule has 2 aromatic carbocycles. The molecule has 4 aromatic rings. The number of esters is 1. The molecule has 0 spiro atoms. The van der Waals surface area contributed by atoms with Crippen LogP contribution in [0.2, 0.25) is 0 Å². The summed E-state index contributed by atoms with van der Waals surface area (Å²) in [5.74, 6) is 0.125. The number of fused-ring (bicyclic) bond motifs is 2. The van der Waals surface area contributed by atoms with Gasteiger partial charge in [-0.05, 0) is 31.6 Å². The first kappa shape index (κ1) is 23.8. The van der Waals surface area contributed by atoms with Gasteiger partial charge < -0.3 is 14.5 Å². The Hall–Kier alpha value is -3.91. The van der Waals surface area contributed by atoms with E-state index in [2.05, 4.69) is 4.98 Å². The molecule has 0 radical (unpaired) electrons. The number of aromatic amines is 1. The highest BCUT2D eigenvalue weighted by molar-refractivity contribution is 7.07. The maximum Gasteiger partial charge on any atom is 0.338 e. The summed E-state index contributed by atoms with van der Waals surface area (Å²) < 4.78 is 13.3. The van der Waals surface area contributed by atoms with Gasteiger partial charge in [0, 0.05) is 28.2 Å². The number of ether oxygens (including phenoxy) is 2. The van der Waals surface area contributed by atoms with E-state index in [1.54, 1.807) is 18.6 Å². The van der Waals surface area contributed by atoms with Crippen LogP contribution >= 0.6 is 11.3 Å². The standard InChI is InChI=1S/C28H27N3O4S/c1-4-10-21-24(27(33)35-5-2)25(19-12-7-9-14-22(19)34-3)31-26(32)23(36-28(31)30-21)15-17-16-29-20-13-8-6-11-18(17)20/h6-9,11-16,25,29H,4-5,10H2,1-3H3/b23-15+. The molecule has 36 heavy (non-hydrogen) atoms. The van der Waals surface area contributed by atoms with Crippen LogP contribution in [-0.4, -0.2) is 29.2 Å². The zero-order chi connectivity index (χ0) is 25.2. The molecule has 1 N–H and O–H groups in total. The zero-order valence-corrected chi connectivity index (χ0v) is 21.2. The smallest absolute Gasteiger partial charge is 0.338 e. The number of benzene rings is 2. The zero-order valence-electron chi connectivity index (χ0n) is 20.4. The fraction of sp³-hybridized carbons (Fsp3) is 0.250. The van der Waals surface area contributed by atoms with Crippen molar-refractivity contribution in [1.29, 1.82) is 0 Å². The molecular formula is C28H27N3O4S. The molecule has 0 bridgehead atoms. The Morgan fingerprint density at radius 3 is 2.72 bits per heavy atom. The summed E-state index contributed by atoms with van der Waals surface area (Å²) in [4.78, 5) is 35.8. The molecule has 5 rings (SSSR count). The maximum atomic E-state index is 13.9. The molecule has 7 nitrogen and oxygen atoms in total. The second kappa shape index (κ2) is 9.99. The highest BCUT2D eigenvalue weighted by Crippen LogP contribution is 2.36. The quantitative estimate of drug-likeness (QED) is 0.387. The fourth-order valence-electron chi connectivity index (χ4n) is 4.66. The molecule has 0 fully saturated rings. The Bertz CT molecular complexity index is 1660. The van der Waals surface area contributed by atoms with E-state index in [0.717, 1.165) is 22.9 Å². The first-order chi connectivity index (χ1) is 17.6. The van der Waals surface area contributed by atoms with Gasteiger partial charge >= 0.3 is 5.97 Å². The molecule has 1 aliphatic heterocycles. The molecular weight excluding hydrogens is 474 g/mol. The summed E-state index contributed by atoms with van der Waals surface area (Å²) in [6, 6.07) is 14.7. The molecule has 0 saturated heterocycles. The van der Waals surface area contributed by atoms with Crippen molar-refractivity contribution in [2.45, 2.75) is 32.7 Å². The number of thiazole rings is 1. The van der Waals surface area contributed by atoms with Gasteiger partial charge in [0.2, 0.25) is 0 Å². The number of para-hydroxylation sites is 2. The number of carbonyl (C=O) groups is 1. The first-order valence-corrected chi connectivity index (χ1v) is 12.8. The summed E-state index contributed by atoms with van der Waals surface area (Å²) in [5.41, 5.74) is 3.45. The summed E-state index contributed by atoms with van der Waals surface area (Å²) in [6.45, 7) is 4.04. The number of nitrogens with one attached hydrogen (secondary N) is 1. The largest absolute Gasteiger partial charge is 0.496 e. The van der Waals surface area contributed by atoms with Crippen molar-refractivity contribution in [3.05, 3.63) is 96.8 Å². The van der Waals surface area contributed by atoms with Crippen LogP contribution in [0.3, 0.4) is 0 Å². The highest BCUT2D eigenvalue weighted by Gasteiger charge is 2.35. The average molecular weight is 502 g/mol. The van der Waals surface area contributed by atoms with Gasteiger partial charge in [0.05, 0.1) is 29.5 Å². The summed E-state index contributed by atoms with van der Waals surface area (Å²) in [6.07, 6.45) is 5.17. The molecule has 184 valence electrons. The third-order valence-corrected chi connectivity index (χ3v) is 7.22. The van der Waals surface area contributed by atoms with E-state index in [-0.39, 0.29) is 12.2 Å². The molecule has 0 saturated carbocycles. The van der Waals surface area contributed by atoms with E-state index in [0.29, 0.717) is 38.3 Å². The van der Waals surface area contributed by atoms with Crippen molar-refractivity contribution in [3.8, 4) is 5.75 Å². The number of carbonyl (C=O) groups excluding carboxylic acids is 1. The average Bonchev–Trinajstić information content (AvgIpc) is 3.44. The third-order valence-electron chi connectivity index (χ3n) is 6.23. The van der Waals surface area contributed by atoms with Crippen LogP contribution in [0.4, 0.5) is 0 Å².